The predicted octanol–water partition coefficient (Wildman–Crippen LogP) is 4.61. The number of ether oxygens (including phenoxy) is 3. The Bertz CT molecular complexity index is 1000. The lowest BCUT2D eigenvalue weighted by Gasteiger charge is -2.15. The van der Waals surface area contributed by atoms with Gasteiger partial charge in [0.15, 0.2) is 6.10 Å². The van der Waals surface area contributed by atoms with Crippen LogP contribution < -0.4 is 9.47 Å². The zero-order chi connectivity index (χ0) is 22.5. The van der Waals surface area contributed by atoms with Crippen LogP contribution in [0, 0.1) is 21.4 Å². The van der Waals surface area contributed by atoms with Crippen molar-refractivity contribution in [3.8, 4) is 23.3 Å². The molecule has 0 aliphatic heterocycles. The summed E-state index contributed by atoms with van der Waals surface area (Å²) in [5, 5.41) is 20.4. The summed E-state index contributed by atoms with van der Waals surface area (Å²) in [5.41, 5.74) is -2.05. The highest BCUT2D eigenvalue weighted by atomic mass is 19.4. The molecule has 0 aliphatic carbocycles. The van der Waals surface area contributed by atoms with Gasteiger partial charge in [-0.05, 0) is 38.1 Å². The second kappa shape index (κ2) is 9.13. The maximum Gasteiger partial charge on any atom is 0.416 e. The van der Waals surface area contributed by atoms with Gasteiger partial charge in [0.1, 0.15) is 17.6 Å². The molecule has 1 atom stereocenters. The van der Waals surface area contributed by atoms with Crippen molar-refractivity contribution >= 4 is 11.7 Å². The number of rotatable bonds is 7. The van der Waals surface area contributed by atoms with E-state index in [4.69, 9.17) is 14.2 Å². The van der Waals surface area contributed by atoms with Crippen LogP contribution in [0.4, 0.5) is 18.9 Å². The summed E-state index contributed by atoms with van der Waals surface area (Å²) in [6.45, 7) is 3.13. The van der Waals surface area contributed by atoms with Crippen molar-refractivity contribution < 1.29 is 37.1 Å². The van der Waals surface area contributed by atoms with Crippen LogP contribution in [-0.4, -0.2) is 23.6 Å². The second-order valence-corrected chi connectivity index (χ2v) is 5.82. The Hall–Kier alpha value is -3.81. The molecule has 0 bridgehead atoms. The Labute approximate surface area is 168 Å². The molecular formula is C19H15F3N2O6. The Balaban J connectivity index is 2.36. The summed E-state index contributed by atoms with van der Waals surface area (Å²) < 4.78 is 54.0. The first-order valence-electron chi connectivity index (χ1n) is 8.47. The number of benzene rings is 2. The molecule has 8 nitrogen and oxygen atoms in total. The van der Waals surface area contributed by atoms with Crippen molar-refractivity contribution in [2.45, 2.75) is 26.1 Å². The Morgan fingerprint density at radius 2 is 1.93 bits per heavy atom. The number of carbonyl (C=O) groups is 1. The predicted molar refractivity (Wildman–Crippen MR) is 96.1 cm³/mol. The molecule has 2 aromatic rings. The van der Waals surface area contributed by atoms with Gasteiger partial charge in [0.25, 0.3) is 0 Å². The largest absolute Gasteiger partial charge is 0.477 e. The molecule has 2 rings (SSSR count). The molecule has 0 spiro atoms. The number of hydrogen-bond acceptors (Lipinski definition) is 7. The molecule has 1 unspecified atom stereocenters. The van der Waals surface area contributed by atoms with E-state index in [-0.39, 0.29) is 23.7 Å². The summed E-state index contributed by atoms with van der Waals surface area (Å²) in [7, 11) is 0. The quantitative estimate of drug-likeness (QED) is 0.362. The standard InChI is InChI=1S/C19H15F3N2O6/c1-3-28-18(25)11(2)29-17-9-14(6-4-12(17)10-23)30-16-7-5-13(19(20,21)22)8-15(16)24(26)27/h4-9,11H,3H2,1-2H3. The molecule has 0 radical (unpaired) electrons. The third-order valence-electron chi connectivity index (χ3n) is 3.71. The molecule has 0 N–H and O–H groups in total. The second-order valence-electron chi connectivity index (χ2n) is 5.82. The number of nitrogens with zero attached hydrogens (tertiary/aromatic N) is 2. The average Bonchev–Trinajstić information content (AvgIpc) is 2.67. The minimum Gasteiger partial charge on any atom is -0.477 e. The number of hydrogen-bond donors (Lipinski definition) is 0. The fourth-order valence-corrected chi connectivity index (χ4v) is 2.30. The molecule has 30 heavy (non-hydrogen) atoms. The highest BCUT2D eigenvalue weighted by Crippen LogP contribution is 2.38. The summed E-state index contributed by atoms with van der Waals surface area (Å²) >= 11 is 0. The van der Waals surface area contributed by atoms with E-state index in [9.17, 15) is 33.3 Å². The fourth-order valence-electron chi connectivity index (χ4n) is 2.30. The van der Waals surface area contributed by atoms with Gasteiger partial charge < -0.3 is 14.2 Å². The summed E-state index contributed by atoms with van der Waals surface area (Å²) in [4.78, 5) is 21.9. The lowest BCUT2D eigenvalue weighted by atomic mass is 10.1. The maximum absolute atomic E-state index is 12.8. The zero-order valence-electron chi connectivity index (χ0n) is 15.7. The molecule has 0 heterocycles. The van der Waals surface area contributed by atoms with Gasteiger partial charge in [-0.2, -0.15) is 18.4 Å². The lowest BCUT2D eigenvalue weighted by Crippen LogP contribution is -2.26. The van der Waals surface area contributed by atoms with E-state index in [1.54, 1.807) is 6.92 Å². The molecule has 0 fully saturated rings. The molecule has 0 amide bonds. The number of nitro benzene ring substituents is 1. The van der Waals surface area contributed by atoms with Gasteiger partial charge in [0, 0.05) is 12.1 Å². The molecule has 0 saturated carbocycles. The minimum atomic E-state index is -4.76. The van der Waals surface area contributed by atoms with Crippen LogP contribution in [0.2, 0.25) is 0 Å². The van der Waals surface area contributed by atoms with E-state index >= 15 is 0 Å². The number of esters is 1. The molecule has 0 saturated heterocycles. The minimum absolute atomic E-state index is 0.0421. The van der Waals surface area contributed by atoms with Gasteiger partial charge in [-0.25, -0.2) is 4.79 Å². The number of carbonyl (C=O) groups excluding carboxylic acids is 1. The van der Waals surface area contributed by atoms with Crippen molar-refractivity contribution in [3.63, 3.8) is 0 Å². The van der Waals surface area contributed by atoms with E-state index in [0.29, 0.717) is 12.1 Å². The van der Waals surface area contributed by atoms with Gasteiger partial charge >= 0.3 is 17.8 Å². The first-order valence-corrected chi connectivity index (χ1v) is 8.47. The van der Waals surface area contributed by atoms with Crippen LogP contribution in [0.25, 0.3) is 0 Å². The van der Waals surface area contributed by atoms with Gasteiger partial charge in [0.05, 0.1) is 22.7 Å². The summed E-state index contributed by atoms with van der Waals surface area (Å²) in [6, 6.07) is 7.42. The highest BCUT2D eigenvalue weighted by Gasteiger charge is 2.33. The maximum atomic E-state index is 12.8. The lowest BCUT2D eigenvalue weighted by molar-refractivity contribution is -0.385. The number of halogens is 3. The fraction of sp³-hybridized carbons (Fsp3) is 0.263. The molecule has 11 heteroatoms. The van der Waals surface area contributed by atoms with E-state index in [0.717, 1.165) is 6.07 Å². The third-order valence-corrected chi connectivity index (χ3v) is 3.71. The van der Waals surface area contributed by atoms with Crippen LogP contribution >= 0.6 is 0 Å². The Morgan fingerprint density at radius 3 is 2.50 bits per heavy atom. The average molecular weight is 424 g/mol. The van der Waals surface area contributed by atoms with Crippen molar-refractivity contribution in [1.82, 2.24) is 0 Å². The Morgan fingerprint density at radius 1 is 1.23 bits per heavy atom. The summed E-state index contributed by atoms with van der Waals surface area (Å²) in [5.74, 6) is -1.23. The molecular weight excluding hydrogens is 409 g/mol. The van der Waals surface area contributed by atoms with E-state index in [1.165, 1.54) is 25.1 Å². The molecule has 0 aliphatic rings. The molecule has 0 aromatic heterocycles. The van der Waals surface area contributed by atoms with Gasteiger partial charge in [0.2, 0.25) is 5.75 Å². The smallest absolute Gasteiger partial charge is 0.416 e. The zero-order valence-corrected chi connectivity index (χ0v) is 15.7. The van der Waals surface area contributed by atoms with Crippen LogP contribution in [0.1, 0.15) is 25.0 Å². The summed E-state index contributed by atoms with van der Waals surface area (Å²) in [6.07, 6.45) is -5.82. The highest BCUT2D eigenvalue weighted by molar-refractivity contribution is 5.74. The normalized spacial score (nSPS) is 11.9. The van der Waals surface area contributed by atoms with Crippen molar-refractivity contribution in [2.24, 2.45) is 0 Å². The third kappa shape index (κ3) is 5.38. The van der Waals surface area contributed by atoms with Gasteiger partial charge in [-0.15, -0.1) is 0 Å². The van der Waals surface area contributed by atoms with Gasteiger partial charge in [-0.3, -0.25) is 10.1 Å². The van der Waals surface area contributed by atoms with Crippen molar-refractivity contribution in [1.29, 1.82) is 5.26 Å². The topological polar surface area (TPSA) is 112 Å². The van der Waals surface area contributed by atoms with Crippen LogP contribution in [0.15, 0.2) is 36.4 Å². The van der Waals surface area contributed by atoms with E-state index < -0.39 is 40.2 Å². The van der Waals surface area contributed by atoms with Crippen LogP contribution in [0.3, 0.4) is 0 Å². The monoisotopic (exact) mass is 424 g/mol. The van der Waals surface area contributed by atoms with Crippen LogP contribution in [0.5, 0.6) is 17.2 Å². The van der Waals surface area contributed by atoms with Gasteiger partial charge in [-0.1, -0.05) is 0 Å². The van der Waals surface area contributed by atoms with E-state index in [2.05, 4.69) is 0 Å². The molecule has 2 aromatic carbocycles. The number of nitriles is 1. The van der Waals surface area contributed by atoms with Crippen LogP contribution in [-0.2, 0) is 15.7 Å². The van der Waals surface area contributed by atoms with E-state index in [1.807, 2.05) is 6.07 Å². The molecule has 158 valence electrons. The van der Waals surface area contributed by atoms with Crippen molar-refractivity contribution in [2.75, 3.05) is 6.61 Å². The number of nitro groups is 1. The van der Waals surface area contributed by atoms with Crippen molar-refractivity contribution in [3.05, 3.63) is 57.6 Å². The number of alkyl halides is 3. The Kier molecular flexibility index (Phi) is 6.84. The first kappa shape index (κ1) is 22.5. The SMILES string of the molecule is CCOC(=O)C(C)Oc1cc(Oc2ccc(C(F)(F)F)cc2[N+](=O)[O-])ccc1C#N. The first-order chi connectivity index (χ1) is 14.1.